The van der Waals surface area contributed by atoms with E-state index in [9.17, 15) is 0 Å². The van der Waals surface area contributed by atoms with Crippen molar-refractivity contribution >= 4 is 16.7 Å². The van der Waals surface area contributed by atoms with Crippen molar-refractivity contribution in [3.63, 3.8) is 0 Å². The van der Waals surface area contributed by atoms with Gasteiger partial charge in [0.1, 0.15) is 0 Å². The van der Waals surface area contributed by atoms with Crippen molar-refractivity contribution < 1.29 is 0 Å². The van der Waals surface area contributed by atoms with Crippen molar-refractivity contribution in [3.8, 4) is 0 Å². The molecular formula is C24H29N3. The molecule has 2 fully saturated rings. The van der Waals surface area contributed by atoms with E-state index in [1.807, 2.05) is 6.20 Å². The Morgan fingerprint density at radius 2 is 1.70 bits per heavy atom. The topological polar surface area (TPSA) is 21.1 Å². The summed E-state index contributed by atoms with van der Waals surface area (Å²) in [5.74, 6) is 2.76. The van der Waals surface area contributed by atoms with Crippen LogP contribution in [-0.2, 0) is 6.54 Å². The molecule has 1 aliphatic heterocycles. The maximum atomic E-state index is 4.88. The first-order valence-electron chi connectivity index (χ1n) is 10.5. The summed E-state index contributed by atoms with van der Waals surface area (Å²) in [6, 6.07) is 13.2. The molecule has 1 saturated heterocycles. The van der Waals surface area contributed by atoms with Crippen LogP contribution in [0.5, 0.6) is 0 Å². The Labute approximate surface area is 162 Å². The van der Waals surface area contributed by atoms with Crippen molar-refractivity contribution in [2.24, 2.45) is 5.92 Å². The van der Waals surface area contributed by atoms with Crippen LogP contribution >= 0.6 is 0 Å². The Morgan fingerprint density at radius 3 is 2.41 bits per heavy atom. The number of anilines is 1. The second-order valence-electron chi connectivity index (χ2n) is 8.47. The average Bonchev–Trinajstić information content (AvgIpc) is 3.52. The summed E-state index contributed by atoms with van der Waals surface area (Å²) in [6.45, 7) is 7.90. The van der Waals surface area contributed by atoms with Gasteiger partial charge in [0.15, 0.2) is 5.82 Å². The van der Waals surface area contributed by atoms with E-state index in [2.05, 4.69) is 59.7 Å². The van der Waals surface area contributed by atoms with Crippen molar-refractivity contribution in [2.75, 3.05) is 18.0 Å². The molecule has 3 heterocycles. The molecule has 0 N–H and O–H groups in total. The van der Waals surface area contributed by atoms with E-state index in [1.54, 1.807) is 0 Å². The summed E-state index contributed by atoms with van der Waals surface area (Å²) in [4.78, 5) is 7.41. The summed E-state index contributed by atoms with van der Waals surface area (Å²) < 4.78 is 2.56. The van der Waals surface area contributed by atoms with E-state index in [0.29, 0.717) is 5.92 Å². The Hall–Kier alpha value is -2.29. The van der Waals surface area contributed by atoms with E-state index < -0.39 is 0 Å². The second-order valence-corrected chi connectivity index (χ2v) is 8.47. The van der Waals surface area contributed by atoms with Crippen LogP contribution in [0.4, 0.5) is 5.82 Å². The summed E-state index contributed by atoms with van der Waals surface area (Å²) in [6.07, 6.45) is 7.20. The number of pyridine rings is 1. The van der Waals surface area contributed by atoms with Crippen LogP contribution in [0.2, 0.25) is 0 Å². The molecule has 1 aliphatic carbocycles. The molecule has 0 bridgehead atoms. The van der Waals surface area contributed by atoms with Gasteiger partial charge in [-0.3, -0.25) is 0 Å². The third-order valence-electron chi connectivity index (χ3n) is 6.73. The fraction of sp³-hybridized carbons (Fsp3) is 0.458. The van der Waals surface area contributed by atoms with Crippen molar-refractivity contribution in [1.29, 1.82) is 0 Å². The third kappa shape index (κ3) is 3.03. The van der Waals surface area contributed by atoms with Crippen LogP contribution in [-0.4, -0.2) is 22.6 Å². The van der Waals surface area contributed by atoms with E-state index in [1.165, 1.54) is 59.2 Å². The Morgan fingerprint density at radius 1 is 0.963 bits per heavy atom. The van der Waals surface area contributed by atoms with E-state index >= 15 is 0 Å². The second kappa shape index (κ2) is 6.70. The van der Waals surface area contributed by atoms with Gasteiger partial charge in [0.05, 0.1) is 5.52 Å². The minimum atomic E-state index is 0.684. The highest BCUT2D eigenvalue weighted by Crippen LogP contribution is 2.38. The number of benzene rings is 1. The van der Waals surface area contributed by atoms with Crippen LogP contribution in [0.15, 0.2) is 42.6 Å². The minimum Gasteiger partial charge on any atom is -0.355 e. The standard InChI is InChI=1S/C24H29N3/c1-17-18(2)27(16-19-8-9-19)23-22(17)10-13-25-24(23)26-14-11-21(12-15-26)20-6-4-3-5-7-20/h3-7,10,13,19,21H,8-9,11-12,14-16H2,1-2H3. The van der Waals surface area contributed by atoms with E-state index in [4.69, 9.17) is 4.98 Å². The highest BCUT2D eigenvalue weighted by Gasteiger charge is 2.27. The minimum absolute atomic E-state index is 0.684. The average molecular weight is 360 g/mol. The fourth-order valence-electron chi connectivity index (χ4n) is 4.74. The molecule has 0 spiro atoms. The number of fused-ring (bicyclic) bond motifs is 1. The van der Waals surface area contributed by atoms with Gasteiger partial charge in [0.2, 0.25) is 0 Å². The molecule has 1 aromatic carbocycles. The molecule has 3 nitrogen and oxygen atoms in total. The molecule has 0 atom stereocenters. The Balaban J connectivity index is 1.46. The maximum absolute atomic E-state index is 4.88. The van der Waals surface area contributed by atoms with Gasteiger partial charge >= 0.3 is 0 Å². The van der Waals surface area contributed by atoms with Crippen LogP contribution in [0, 0.1) is 19.8 Å². The normalized spacial score (nSPS) is 18.4. The molecule has 140 valence electrons. The van der Waals surface area contributed by atoms with Crippen molar-refractivity contribution in [2.45, 2.75) is 52.0 Å². The molecule has 2 aliphatic rings. The van der Waals surface area contributed by atoms with Gasteiger partial charge in [-0.25, -0.2) is 4.98 Å². The fourth-order valence-corrected chi connectivity index (χ4v) is 4.74. The molecule has 3 heteroatoms. The predicted octanol–water partition coefficient (Wildman–Crippen LogP) is 5.45. The zero-order valence-corrected chi connectivity index (χ0v) is 16.5. The lowest BCUT2D eigenvalue weighted by Gasteiger charge is -2.33. The van der Waals surface area contributed by atoms with E-state index in [0.717, 1.165) is 25.6 Å². The number of piperidine rings is 1. The zero-order chi connectivity index (χ0) is 18.4. The summed E-state index contributed by atoms with van der Waals surface area (Å²) >= 11 is 0. The van der Waals surface area contributed by atoms with E-state index in [-0.39, 0.29) is 0 Å². The number of hydrogen-bond donors (Lipinski definition) is 0. The number of hydrogen-bond acceptors (Lipinski definition) is 2. The SMILES string of the molecule is Cc1c(C)n(CC2CC2)c2c(N3CCC(c4ccccc4)CC3)nccc12. The van der Waals surface area contributed by atoms with Crippen molar-refractivity contribution in [3.05, 3.63) is 59.4 Å². The zero-order valence-electron chi connectivity index (χ0n) is 16.5. The van der Waals surface area contributed by atoms with Crippen LogP contribution in [0.3, 0.4) is 0 Å². The first kappa shape index (κ1) is 16.9. The van der Waals surface area contributed by atoms with Gasteiger partial charge < -0.3 is 9.47 Å². The molecule has 3 aromatic rings. The van der Waals surface area contributed by atoms with Gasteiger partial charge in [-0.2, -0.15) is 0 Å². The number of rotatable bonds is 4. The highest BCUT2D eigenvalue weighted by atomic mass is 15.2. The van der Waals surface area contributed by atoms with Gasteiger partial charge in [-0.05, 0) is 68.6 Å². The van der Waals surface area contributed by atoms with Gasteiger partial charge in [-0.1, -0.05) is 30.3 Å². The van der Waals surface area contributed by atoms with Gasteiger partial charge in [0.25, 0.3) is 0 Å². The molecule has 2 aromatic heterocycles. The largest absolute Gasteiger partial charge is 0.355 e. The Bertz CT molecular complexity index is 945. The van der Waals surface area contributed by atoms with Gasteiger partial charge in [0, 0.05) is 36.9 Å². The summed E-state index contributed by atoms with van der Waals surface area (Å²) in [5.41, 5.74) is 5.71. The highest BCUT2D eigenvalue weighted by molar-refractivity contribution is 5.93. The summed E-state index contributed by atoms with van der Waals surface area (Å²) in [5, 5.41) is 1.39. The quantitative estimate of drug-likeness (QED) is 0.618. The lowest BCUT2D eigenvalue weighted by molar-refractivity contribution is 0.502. The number of aromatic nitrogens is 2. The van der Waals surface area contributed by atoms with Crippen LogP contribution < -0.4 is 4.90 Å². The lowest BCUT2D eigenvalue weighted by atomic mass is 9.89. The smallest absolute Gasteiger partial charge is 0.153 e. The van der Waals surface area contributed by atoms with Gasteiger partial charge in [-0.15, -0.1) is 0 Å². The molecule has 5 rings (SSSR count). The maximum Gasteiger partial charge on any atom is 0.153 e. The summed E-state index contributed by atoms with van der Waals surface area (Å²) in [7, 11) is 0. The molecule has 27 heavy (non-hydrogen) atoms. The molecule has 0 radical (unpaired) electrons. The Kier molecular flexibility index (Phi) is 4.18. The molecule has 0 amide bonds. The monoisotopic (exact) mass is 359 g/mol. The number of aryl methyl sites for hydroxylation is 1. The predicted molar refractivity (Wildman–Crippen MR) is 113 cm³/mol. The van der Waals surface area contributed by atoms with Crippen LogP contribution in [0.1, 0.15) is 48.4 Å². The van der Waals surface area contributed by atoms with Crippen molar-refractivity contribution in [1.82, 2.24) is 9.55 Å². The number of nitrogens with zero attached hydrogens (tertiary/aromatic N) is 3. The molecule has 1 saturated carbocycles. The first-order valence-corrected chi connectivity index (χ1v) is 10.5. The molecular weight excluding hydrogens is 330 g/mol. The lowest BCUT2D eigenvalue weighted by Crippen LogP contribution is -2.33. The third-order valence-corrected chi connectivity index (χ3v) is 6.73. The molecule has 0 unspecified atom stereocenters. The van der Waals surface area contributed by atoms with Crippen LogP contribution in [0.25, 0.3) is 10.9 Å². The first-order chi connectivity index (χ1) is 13.2.